The summed E-state index contributed by atoms with van der Waals surface area (Å²) in [7, 11) is 3.36. The summed E-state index contributed by atoms with van der Waals surface area (Å²) in [5.41, 5.74) is 2.51. The molecule has 0 bridgehead atoms. The van der Waals surface area contributed by atoms with Crippen LogP contribution in [0.3, 0.4) is 0 Å². The lowest BCUT2D eigenvalue weighted by Gasteiger charge is -2.31. The second-order valence-electron chi connectivity index (χ2n) is 6.21. The molecule has 1 unspecified atom stereocenters. The molecule has 0 saturated carbocycles. The third-order valence-corrected chi connectivity index (χ3v) is 5.18. The molecule has 3 rings (SSSR count). The van der Waals surface area contributed by atoms with Crippen LogP contribution in [0.2, 0.25) is 0 Å². The van der Waals surface area contributed by atoms with Crippen LogP contribution in [0.4, 0.5) is 0 Å². The summed E-state index contributed by atoms with van der Waals surface area (Å²) in [6.07, 6.45) is 1.15. The predicted octanol–water partition coefficient (Wildman–Crippen LogP) is 3.85. The topological polar surface area (TPSA) is 33.7 Å². The molecule has 1 saturated heterocycles. The molecule has 0 spiro atoms. The maximum absolute atomic E-state index is 5.53. The van der Waals surface area contributed by atoms with Crippen molar-refractivity contribution in [1.29, 1.82) is 0 Å². The lowest BCUT2D eigenvalue weighted by atomic mass is 9.96. The summed E-state index contributed by atoms with van der Waals surface area (Å²) in [6.45, 7) is 4.19. The molecule has 0 radical (unpaired) electrons. The number of rotatable bonds is 5. The van der Waals surface area contributed by atoms with E-state index in [1.54, 1.807) is 14.2 Å². The van der Waals surface area contributed by atoms with Gasteiger partial charge in [-0.1, -0.05) is 34.1 Å². The van der Waals surface area contributed by atoms with Gasteiger partial charge in [-0.3, -0.25) is 4.90 Å². The van der Waals surface area contributed by atoms with Crippen LogP contribution in [0, 0.1) is 0 Å². The molecule has 1 N–H and O–H groups in total. The number of halogens is 1. The second-order valence-corrected chi connectivity index (χ2v) is 7.12. The highest BCUT2D eigenvalue weighted by Crippen LogP contribution is 2.35. The van der Waals surface area contributed by atoms with Crippen molar-refractivity contribution in [3.63, 3.8) is 0 Å². The predicted molar refractivity (Wildman–Crippen MR) is 105 cm³/mol. The molecule has 1 fully saturated rings. The molecular weight excluding hydrogens is 380 g/mol. The standard InChI is InChI=1S/C20H25BrN2O2/c1-24-18-9-6-16(14-19(18)25-2)20(15-4-7-17(21)8-5-15)23-12-3-10-22-11-13-23/h4-9,14,20,22H,3,10-13H2,1-2H3. The molecule has 0 aromatic heterocycles. The normalized spacial score (nSPS) is 16.9. The van der Waals surface area contributed by atoms with Gasteiger partial charge in [-0.15, -0.1) is 0 Å². The van der Waals surface area contributed by atoms with Gasteiger partial charge in [-0.2, -0.15) is 0 Å². The van der Waals surface area contributed by atoms with Gasteiger partial charge in [0.15, 0.2) is 11.5 Å². The van der Waals surface area contributed by atoms with Gasteiger partial charge in [0, 0.05) is 24.1 Å². The number of hydrogen-bond acceptors (Lipinski definition) is 4. The molecular formula is C20H25BrN2O2. The summed E-state index contributed by atoms with van der Waals surface area (Å²) >= 11 is 3.54. The molecule has 1 aliphatic rings. The number of nitrogens with one attached hydrogen (secondary N) is 1. The molecule has 0 amide bonds. The van der Waals surface area contributed by atoms with Gasteiger partial charge in [0.2, 0.25) is 0 Å². The van der Waals surface area contributed by atoms with Crippen LogP contribution < -0.4 is 14.8 Å². The second kappa shape index (κ2) is 8.70. The fourth-order valence-electron chi connectivity index (χ4n) is 3.41. The van der Waals surface area contributed by atoms with Gasteiger partial charge in [-0.25, -0.2) is 0 Å². The first-order chi connectivity index (χ1) is 12.2. The van der Waals surface area contributed by atoms with Crippen molar-refractivity contribution < 1.29 is 9.47 Å². The van der Waals surface area contributed by atoms with E-state index in [0.29, 0.717) is 0 Å². The van der Waals surface area contributed by atoms with Crippen molar-refractivity contribution in [3.8, 4) is 11.5 Å². The molecule has 2 aromatic carbocycles. The summed E-state index contributed by atoms with van der Waals surface area (Å²) in [6, 6.07) is 15.1. The van der Waals surface area contributed by atoms with Crippen LogP contribution in [0.5, 0.6) is 11.5 Å². The maximum atomic E-state index is 5.53. The Morgan fingerprint density at radius 3 is 2.36 bits per heavy atom. The lowest BCUT2D eigenvalue weighted by Crippen LogP contribution is -2.33. The number of nitrogens with zero attached hydrogens (tertiary/aromatic N) is 1. The SMILES string of the molecule is COc1ccc(C(c2ccc(Br)cc2)N2CCCNCC2)cc1OC. The van der Waals surface area contributed by atoms with Crippen LogP contribution in [0.25, 0.3) is 0 Å². The van der Waals surface area contributed by atoms with Gasteiger partial charge in [-0.05, 0) is 48.4 Å². The third kappa shape index (κ3) is 4.35. The van der Waals surface area contributed by atoms with Gasteiger partial charge < -0.3 is 14.8 Å². The van der Waals surface area contributed by atoms with E-state index in [2.05, 4.69) is 62.5 Å². The smallest absolute Gasteiger partial charge is 0.161 e. The molecule has 2 aromatic rings. The van der Waals surface area contributed by atoms with Crippen LogP contribution in [-0.2, 0) is 0 Å². The van der Waals surface area contributed by atoms with Crippen LogP contribution in [-0.4, -0.2) is 45.3 Å². The number of benzene rings is 2. The largest absolute Gasteiger partial charge is 0.493 e. The Kier molecular flexibility index (Phi) is 6.34. The molecule has 1 heterocycles. The highest BCUT2D eigenvalue weighted by atomic mass is 79.9. The zero-order valence-corrected chi connectivity index (χ0v) is 16.4. The van der Waals surface area contributed by atoms with Crippen molar-refractivity contribution in [2.75, 3.05) is 40.4 Å². The van der Waals surface area contributed by atoms with Crippen molar-refractivity contribution in [2.24, 2.45) is 0 Å². The summed E-state index contributed by atoms with van der Waals surface area (Å²) in [5, 5.41) is 3.49. The van der Waals surface area contributed by atoms with Crippen molar-refractivity contribution in [3.05, 3.63) is 58.1 Å². The molecule has 134 valence electrons. The van der Waals surface area contributed by atoms with E-state index >= 15 is 0 Å². The van der Waals surface area contributed by atoms with Crippen LogP contribution in [0.1, 0.15) is 23.6 Å². The Balaban J connectivity index is 2.02. The zero-order valence-electron chi connectivity index (χ0n) is 14.8. The number of hydrogen-bond donors (Lipinski definition) is 1. The molecule has 25 heavy (non-hydrogen) atoms. The molecule has 0 aliphatic carbocycles. The Morgan fingerprint density at radius 2 is 1.64 bits per heavy atom. The van der Waals surface area contributed by atoms with E-state index in [0.717, 1.165) is 48.6 Å². The number of ether oxygens (including phenoxy) is 2. The third-order valence-electron chi connectivity index (χ3n) is 4.65. The first-order valence-electron chi connectivity index (χ1n) is 8.65. The molecule has 5 heteroatoms. The minimum absolute atomic E-state index is 0.202. The van der Waals surface area contributed by atoms with Crippen LogP contribution >= 0.6 is 15.9 Å². The van der Waals surface area contributed by atoms with E-state index < -0.39 is 0 Å². The fraction of sp³-hybridized carbons (Fsp3) is 0.400. The summed E-state index contributed by atoms with van der Waals surface area (Å²) in [5.74, 6) is 1.54. The highest BCUT2D eigenvalue weighted by molar-refractivity contribution is 9.10. The van der Waals surface area contributed by atoms with E-state index in [1.165, 1.54) is 11.1 Å². The monoisotopic (exact) mass is 404 g/mol. The Bertz CT molecular complexity index is 683. The maximum Gasteiger partial charge on any atom is 0.161 e. The quantitative estimate of drug-likeness (QED) is 0.820. The van der Waals surface area contributed by atoms with Gasteiger partial charge in [0.25, 0.3) is 0 Å². The number of methoxy groups -OCH3 is 2. The van der Waals surface area contributed by atoms with Crippen molar-refractivity contribution in [1.82, 2.24) is 10.2 Å². The fourth-order valence-corrected chi connectivity index (χ4v) is 3.67. The van der Waals surface area contributed by atoms with Gasteiger partial charge >= 0.3 is 0 Å². The summed E-state index contributed by atoms with van der Waals surface area (Å²) in [4.78, 5) is 2.55. The van der Waals surface area contributed by atoms with E-state index in [4.69, 9.17) is 9.47 Å². The van der Waals surface area contributed by atoms with E-state index in [9.17, 15) is 0 Å². The first kappa shape index (κ1) is 18.2. The minimum Gasteiger partial charge on any atom is -0.493 e. The first-order valence-corrected chi connectivity index (χ1v) is 9.44. The Morgan fingerprint density at radius 1 is 0.920 bits per heavy atom. The van der Waals surface area contributed by atoms with E-state index in [-0.39, 0.29) is 6.04 Å². The zero-order chi connectivity index (χ0) is 17.6. The Labute approximate surface area is 158 Å². The van der Waals surface area contributed by atoms with E-state index in [1.807, 2.05) is 6.07 Å². The average Bonchev–Trinajstić information content (AvgIpc) is 2.92. The molecule has 1 atom stereocenters. The minimum atomic E-state index is 0.202. The lowest BCUT2D eigenvalue weighted by molar-refractivity contribution is 0.240. The molecule has 4 nitrogen and oxygen atoms in total. The van der Waals surface area contributed by atoms with Crippen LogP contribution in [0.15, 0.2) is 46.9 Å². The van der Waals surface area contributed by atoms with Gasteiger partial charge in [0.1, 0.15) is 0 Å². The van der Waals surface area contributed by atoms with Crippen molar-refractivity contribution >= 4 is 15.9 Å². The van der Waals surface area contributed by atoms with Crippen molar-refractivity contribution in [2.45, 2.75) is 12.5 Å². The average molecular weight is 405 g/mol. The Hall–Kier alpha value is -1.56. The molecule has 1 aliphatic heterocycles. The van der Waals surface area contributed by atoms with Gasteiger partial charge in [0.05, 0.1) is 20.3 Å². The summed E-state index contributed by atoms with van der Waals surface area (Å²) < 4.78 is 12.0. The highest BCUT2D eigenvalue weighted by Gasteiger charge is 2.24.